The highest BCUT2D eigenvalue weighted by atomic mass is 16.2. The van der Waals surface area contributed by atoms with Crippen LogP contribution in [0.1, 0.15) is 27.9 Å². The lowest BCUT2D eigenvalue weighted by molar-refractivity contribution is 0.0985. The van der Waals surface area contributed by atoms with E-state index in [1.165, 1.54) is 11.1 Å². The Hall–Kier alpha value is -2.36. The number of pyridine rings is 1. The number of rotatable bonds is 1. The first-order valence-corrected chi connectivity index (χ1v) is 6.78. The number of benzene rings is 1. The van der Waals surface area contributed by atoms with Crippen molar-refractivity contribution in [1.29, 1.82) is 0 Å². The fraction of sp³-hybridized carbons (Fsp3) is 0.250. The van der Waals surface area contributed by atoms with Crippen LogP contribution in [0.15, 0.2) is 36.5 Å². The van der Waals surface area contributed by atoms with E-state index in [4.69, 9.17) is 5.73 Å². The highest BCUT2D eigenvalue weighted by molar-refractivity contribution is 6.06. The molecule has 0 atom stereocenters. The van der Waals surface area contributed by atoms with E-state index in [9.17, 15) is 4.79 Å². The Morgan fingerprint density at radius 1 is 1.30 bits per heavy atom. The second kappa shape index (κ2) is 4.96. The highest BCUT2D eigenvalue weighted by Crippen LogP contribution is 2.29. The van der Waals surface area contributed by atoms with Crippen molar-refractivity contribution in [3.05, 3.63) is 53.2 Å². The third kappa shape index (κ3) is 2.25. The van der Waals surface area contributed by atoms with Crippen molar-refractivity contribution in [3.8, 4) is 0 Å². The van der Waals surface area contributed by atoms with Gasteiger partial charge in [0.2, 0.25) is 0 Å². The molecule has 0 unspecified atom stereocenters. The van der Waals surface area contributed by atoms with Gasteiger partial charge in [-0.25, -0.2) is 4.98 Å². The zero-order valence-corrected chi connectivity index (χ0v) is 11.5. The van der Waals surface area contributed by atoms with Gasteiger partial charge >= 0.3 is 0 Å². The summed E-state index contributed by atoms with van der Waals surface area (Å²) in [5.74, 6) is 0.415. The molecule has 20 heavy (non-hydrogen) atoms. The molecule has 1 aliphatic rings. The van der Waals surface area contributed by atoms with Crippen LogP contribution < -0.4 is 10.6 Å². The van der Waals surface area contributed by atoms with Gasteiger partial charge in [-0.1, -0.05) is 17.7 Å². The van der Waals surface area contributed by atoms with E-state index in [1.54, 1.807) is 18.3 Å². The minimum Gasteiger partial charge on any atom is -0.384 e. The predicted octanol–water partition coefficient (Wildman–Crippen LogP) is 2.57. The Morgan fingerprint density at radius 3 is 2.90 bits per heavy atom. The summed E-state index contributed by atoms with van der Waals surface area (Å²) >= 11 is 0. The second-order valence-electron chi connectivity index (χ2n) is 5.16. The van der Waals surface area contributed by atoms with E-state index < -0.39 is 0 Å². The Balaban J connectivity index is 1.96. The van der Waals surface area contributed by atoms with Crippen LogP contribution in [0.25, 0.3) is 0 Å². The van der Waals surface area contributed by atoms with Crippen molar-refractivity contribution in [2.45, 2.75) is 19.8 Å². The molecule has 0 bridgehead atoms. The molecule has 0 aliphatic carbocycles. The van der Waals surface area contributed by atoms with Gasteiger partial charge in [0.05, 0.1) is 5.56 Å². The molecule has 0 spiro atoms. The quantitative estimate of drug-likeness (QED) is 0.863. The molecule has 1 aromatic heterocycles. The largest absolute Gasteiger partial charge is 0.384 e. The van der Waals surface area contributed by atoms with E-state index in [0.29, 0.717) is 11.4 Å². The standard InChI is InChI=1S/C16H17N3O/c1-11-4-6-14-12(9-11)3-2-8-19(14)16(20)13-5-7-15(17)18-10-13/h4-7,9-10H,2-3,8H2,1H3,(H2,17,18). The van der Waals surface area contributed by atoms with Gasteiger partial charge < -0.3 is 10.6 Å². The van der Waals surface area contributed by atoms with Crippen LogP contribution >= 0.6 is 0 Å². The van der Waals surface area contributed by atoms with Crippen molar-refractivity contribution in [1.82, 2.24) is 4.98 Å². The van der Waals surface area contributed by atoms with Gasteiger partial charge in [0.15, 0.2) is 0 Å². The zero-order valence-electron chi connectivity index (χ0n) is 11.5. The van der Waals surface area contributed by atoms with E-state index in [-0.39, 0.29) is 5.91 Å². The predicted molar refractivity (Wildman–Crippen MR) is 79.8 cm³/mol. The normalized spacial score (nSPS) is 13.9. The number of carbonyl (C=O) groups excluding carboxylic acids is 1. The Kier molecular flexibility index (Phi) is 3.14. The summed E-state index contributed by atoms with van der Waals surface area (Å²) in [5, 5.41) is 0. The van der Waals surface area contributed by atoms with E-state index in [2.05, 4.69) is 18.0 Å². The number of amides is 1. The first-order valence-electron chi connectivity index (χ1n) is 6.78. The van der Waals surface area contributed by atoms with Crippen molar-refractivity contribution in [2.24, 2.45) is 0 Å². The van der Waals surface area contributed by atoms with Crippen molar-refractivity contribution in [3.63, 3.8) is 0 Å². The molecule has 2 N–H and O–H groups in total. The molecule has 4 heteroatoms. The number of carbonyl (C=O) groups is 1. The molecule has 0 saturated carbocycles. The average molecular weight is 267 g/mol. The number of nitrogen functional groups attached to an aromatic ring is 1. The van der Waals surface area contributed by atoms with Crippen LogP contribution in [0, 0.1) is 6.92 Å². The zero-order chi connectivity index (χ0) is 14.1. The summed E-state index contributed by atoms with van der Waals surface area (Å²) in [6, 6.07) is 9.63. The molecule has 1 aliphatic heterocycles. The van der Waals surface area contributed by atoms with E-state index >= 15 is 0 Å². The molecule has 3 rings (SSSR count). The summed E-state index contributed by atoms with van der Waals surface area (Å²) in [6.07, 6.45) is 3.56. The minimum atomic E-state index is -0.0118. The second-order valence-corrected chi connectivity index (χ2v) is 5.16. The maximum Gasteiger partial charge on any atom is 0.259 e. The van der Waals surface area contributed by atoms with E-state index in [0.717, 1.165) is 25.1 Å². The number of hydrogen-bond donors (Lipinski definition) is 1. The molecule has 1 aromatic carbocycles. The van der Waals surface area contributed by atoms with Gasteiger partial charge in [0.1, 0.15) is 5.82 Å². The third-order valence-electron chi connectivity index (χ3n) is 3.63. The van der Waals surface area contributed by atoms with Crippen LogP contribution in [-0.4, -0.2) is 17.4 Å². The number of fused-ring (bicyclic) bond motifs is 1. The van der Waals surface area contributed by atoms with Gasteiger partial charge in [0, 0.05) is 18.4 Å². The number of hydrogen-bond acceptors (Lipinski definition) is 3. The molecule has 4 nitrogen and oxygen atoms in total. The summed E-state index contributed by atoms with van der Waals surface area (Å²) in [7, 11) is 0. The molecule has 2 aromatic rings. The molecular weight excluding hydrogens is 250 g/mol. The molecular formula is C16H17N3O. The SMILES string of the molecule is Cc1ccc2c(c1)CCCN2C(=O)c1ccc(N)nc1. The van der Waals surface area contributed by atoms with Gasteiger partial charge in [-0.3, -0.25) is 4.79 Å². The topological polar surface area (TPSA) is 59.2 Å². The van der Waals surface area contributed by atoms with Crippen LogP contribution in [0.3, 0.4) is 0 Å². The third-order valence-corrected chi connectivity index (χ3v) is 3.63. The first kappa shape index (κ1) is 12.7. The maximum atomic E-state index is 12.6. The number of aryl methyl sites for hydroxylation is 2. The van der Waals surface area contributed by atoms with E-state index in [1.807, 2.05) is 17.0 Å². The summed E-state index contributed by atoms with van der Waals surface area (Å²) < 4.78 is 0. The lowest BCUT2D eigenvalue weighted by atomic mass is 9.99. The Labute approximate surface area is 118 Å². The lowest BCUT2D eigenvalue weighted by Gasteiger charge is -2.29. The number of nitrogens with two attached hydrogens (primary N) is 1. The number of anilines is 2. The Morgan fingerprint density at radius 2 is 2.15 bits per heavy atom. The minimum absolute atomic E-state index is 0.0118. The lowest BCUT2D eigenvalue weighted by Crippen LogP contribution is -2.35. The summed E-state index contributed by atoms with van der Waals surface area (Å²) in [4.78, 5) is 18.4. The van der Waals surface area contributed by atoms with Crippen molar-refractivity contribution >= 4 is 17.4 Å². The first-order chi connectivity index (χ1) is 9.65. The molecule has 0 fully saturated rings. The average Bonchev–Trinajstić information content (AvgIpc) is 2.46. The van der Waals surface area contributed by atoms with Crippen LogP contribution in [0.5, 0.6) is 0 Å². The van der Waals surface area contributed by atoms with Crippen LogP contribution in [-0.2, 0) is 6.42 Å². The molecule has 2 heterocycles. The maximum absolute atomic E-state index is 12.6. The fourth-order valence-corrected chi connectivity index (χ4v) is 2.62. The van der Waals surface area contributed by atoms with Crippen molar-refractivity contribution in [2.75, 3.05) is 17.2 Å². The molecule has 102 valence electrons. The number of aromatic nitrogens is 1. The molecule has 0 radical (unpaired) electrons. The molecule has 1 amide bonds. The highest BCUT2D eigenvalue weighted by Gasteiger charge is 2.23. The summed E-state index contributed by atoms with van der Waals surface area (Å²) in [6.45, 7) is 2.82. The molecule has 0 saturated heterocycles. The Bertz CT molecular complexity index is 649. The van der Waals surface area contributed by atoms with Gasteiger partial charge in [0.25, 0.3) is 5.91 Å². The van der Waals surface area contributed by atoms with Gasteiger partial charge in [-0.05, 0) is 43.5 Å². The fourth-order valence-electron chi connectivity index (χ4n) is 2.62. The van der Waals surface area contributed by atoms with Gasteiger partial charge in [-0.2, -0.15) is 0 Å². The summed E-state index contributed by atoms with van der Waals surface area (Å²) in [5.41, 5.74) is 9.63. The number of nitrogens with zero attached hydrogens (tertiary/aromatic N) is 2. The van der Waals surface area contributed by atoms with Crippen LogP contribution in [0.4, 0.5) is 11.5 Å². The van der Waals surface area contributed by atoms with Crippen LogP contribution in [0.2, 0.25) is 0 Å². The smallest absolute Gasteiger partial charge is 0.259 e. The van der Waals surface area contributed by atoms with Crippen molar-refractivity contribution < 1.29 is 4.79 Å². The monoisotopic (exact) mass is 267 g/mol. The van der Waals surface area contributed by atoms with Gasteiger partial charge in [-0.15, -0.1) is 0 Å².